The lowest BCUT2D eigenvalue weighted by atomic mass is 10.0. The maximum absolute atomic E-state index is 5.47. The summed E-state index contributed by atoms with van der Waals surface area (Å²) in [4.78, 5) is 4.89. The average molecular weight is 336 g/mol. The van der Waals surface area contributed by atoms with E-state index in [0.29, 0.717) is 6.04 Å². The van der Waals surface area contributed by atoms with Crippen LogP contribution in [0.4, 0.5) is 5.69 Å². The summed E-state index contributed by atoms with van der Waals surface area (Å²) < 4.78 is 5.47. The van der Waals surface area contributed by atoms with Crippen LogP contribution in [-0.4, -0.2) is 41.3 Å². The third-order valence-corrected chi connectivity index (χ3v) is 5.12. The third kappa shape index (κ3) is 3.61. The summed E-state index contributed by atoms with van der Waals surface area (Å²) in [6.07, 6.45) is 5.89. The second kappa shape index (κ2) is 7.15. The number of furan rings is 1. The van der Waals surface area contributed by atoms with Gasteiger partial charge in [0.25, 0.3) is 0 Å². The highest BCUT2D eigenvalue weighted by Gasteiger charge is 2.23. The summed E-state index contributed by atoms with van der Waals surface area (Å²) >= 11 is 0. The lowest BCUT2D eigenvalue weighted by Crippen LogP contribution is -2.43. The molecule has 1 fully saturated rings. The average Bonchev–Trinajstić information content (AvgIpc) is 3.36. The number of piperidine rings is 1. The van der Waals surface area contributed by atoms with Gasteiger partial charge in [0.05, 0.1) is 18.5 Å². The number of rotatable bonds is 5. The summed E-state index contributed by atoms with van der Waals surface area (Å²) in [7, 11) is 2.20. The zero-order valence-corrected chi connectivity index (χ0v) is 14.6. The van der Waals surface area contributed by atoms with Crippen LogP contribution in [0.5, 0.6) is 0 Å². The Labute approximate surface area is 148 Å². The topological polar surface area (TPSA) is 48.3 Å². The lowest BCUT2D eigenvalue weighted by molar-refractivity contribution is 0.187. The Morgan fingerprint density at radius 1 is 1.16 bits per heavy atom. The van der Waals surface area contributed by atoms with Gasteiger partial charge in [0, 0.05) is 31.0 Å². The SMILES string of the molecule is CN(Cc1ccco1)C1CCN(c2ccc(-c3ccn[nH]3)cc2)CC1. The molecule has 1 aliphatic heterocycles. The number of hydrogen-bond donors (Lipinski definition) is 1. The van der Waals surface area contributed by atoms with Crippen LogP contribution in [0, 0.1) is 0 Å². The summed E-state index contributed by atoms with van der Waals surface area (Å²) in [5.41, 5.74) is 3.54. The minimum Gasteiger partial charge on any atom is -0.468 e. The van der Waals surface area contributed by atoms with Crippen molar-refractivity contribution in [2.75, 3.05) is 25.0 Å². The Hall–Kier alpha value is -2.53. The van der Waals surface area contributed by atoms with Gasteiger partial charge in [-0.25, -0.2) is 0 Å². The highest BCUT2D eigenvalue weighted by atomic mass is 16.3. The van der Waals surface area contributed by atoms with E-state index in [1.807, 2.05) is 18.2 Å². The van der Waals surface area contributed by atoms with E-state index < -0.39 is 0 Å². The van der Waals surface area contributed by atoms with Gasteiger partial charge in [-0.2, -0.15) is 5.10 Å². The fourth-order valence-corrected chi connectivity index (χ4v) is 3.61. The Kier molecular flexibility index (Phi) is 4.57. The van der Waals surface area contributed by atoms with E-state index in [2.05, 4.69) is 51.3 Å². The Bertz CT molecular complexity index is 757. The number of nitrogens with one attached hydrogen (secondary N) is 1. The fraction of sp³-hybridized carbons (Fsp3) is 0.350. The van der Waals surface area contributed by atoms with Crippen LogP contribution in [-0.2, 0) is 6.54 Å². The molecule has 5 heteroatoms. The number of benzene rings is 1. The van der Waals surface area contributed by atoms with Gasteiger partial charge in [0.1, 0.15) is 5.76 Å². The predicted molar refractivity (Wildman–Crippen MR) is 99.4 cm³/mol. The molecule has 130 valence electrons. The van der Waals surface area contributed by atoms with Crippen LogP contribution in [0.2, 0.25) is 0 Å². The first-order valence-corrected chi connectivity index (χ1v) is 8.87. The maximum atomic E-state index is 5.47. The van der Waals surface area contributed by atoms with Crippen molar-refractivity contribution >= 4 is 5.69 Å². The fourth-order valence-electron chi connectivity index (χ4n) is 3.61. The molecule has 0 aliphatic carbocycles. The van der Waals surface area contributed by atoms with Crippen molar-refractivity contribution in [1.82, 2.24) is 15.1 Å². The second-order valence-electron chi connectivity index (χ2n) is 6.73. The van der Waals surface area contributed by atoms with Gasteiger partial charge in [-0.1, -0.05) is 12.1 Å². The zero-order valence-electron chi connectivity index (χ0n) is 14.6. The van der Waals surface area contributed by atoms with Crippen molar-refractivity contribution in [3.05, 3.63) is 60.7 Å². The van der Waals surface area contributed by atoms with Crippen LogP contribution in [0.1, 0.15) is 18.6 Å². The van der Waals surface area contributed by atoms with Crippen molar-refractivity contribution in [3.8, 4) is 11.3 Å². The third-order valence-electron chi connectivity index (χ3n) is 5.12. The van der Waals surface area contributed by atoms with Crippen LogP contribution >= 0.6 is 0 Å². The smallest absolute Gasteiger partial charge is 0.117 e. The molecule has 25 heavy (non-hydrogen) atoms. The largest absolute Gasteiger partial charge is 0.468 e. The van der Waals surface area contributed by atoms with E-state index in [-0.39, 0.29) is 0 Å². The molecule has 3 aromatic rings. The first-order valence-electron chi connectivity index (χ1n) is 8.87. The molecule has 0 spiro atoms. The maximum Gasteiger partial charge on any atom is 0.117 e. The first-order chi connectivity index (χ1) is 12.3. The van der Waals surface area contributed by atoms with Crippen molar-refractivity contribution in [3.63, 3.8) is 0 Å². The summed E-state index contributed by atoms with van der Waals surface area (Å²) in [6, 6.07) is 15.4. The van der Waals surface area contributed by atoms with Crippen molar-refractivity contribution in [1.29, 1.82) is 0 Å². The molecule has 1 saturated heterocycles. The Morgan fingerprint density at radius 2 is 1.96 bits per heavy atom. The number of hydrogen-bond acceptors (Lipinski definition) is 4. The molecule has 0 unspecified atom stereocenters. The molecule has 1 N–H and O–H groups in total. The van der Waals surface area contributed by atoms with Gasteiger partial charge in [-0.15, -0.1) is 0 Å². The lowest BCUT2D eigenvalue weighted by Gasteiger charge is -2.37. The molecule has 5 nitrogen and oxygen atoms in total. The van der Waals surface area contributed by atoms with Gasteiger partial charge in [0.15, 0.2) is 0 Å². The minimum atomic E-state index is 0.616. The molecular weight excluding hydrogens is 312 g/mol. The molecule has 1 aromatic carbocycles. The van der Waals surface area contributed by atoms with E-state index in [9.17, 15) is 0 Å². The first kappa shape index (κ1) is 16.0. The molecule has 1 aliphatic rings. The van der Waals surface area contributed by atoms with Crippen LogP contribution in [0.3, 0.4) is 0 Å². The van der Waals surface area contributed by atoms with E-state index >= 15 is 0 Å². The molecule has 0 amide bonds. The van der Waals surface area contributed by atoms with E-state index in [4.69, 9.17) is 4.42 Å². The molecule has 0 bridgehead atoms. The van der Waals surface area contributed by atoms with Crippen LogP contribution < -0.4 is 4.90 Å². The number of anilines is 1. The van der Waals surface area contributed by atoms with Crippen LogP contribution in [0.15, 0.2) is 59.3 Å². The van der Waals surface area contributed by atoms with E-state index in [1.54, 1.807) is 12.5 Å². The number of H-pyrrole nitrogens is 1. The minimum absolute atomic E-state index is 0.616. The highest BCUT2D eigenvalue weighted by molar-refractivity contribution is 5.62. The Balaban J connectivity index is 1.34. The Morgan fingerprint density at radius 3 is 2.60 bits per heavy atom. The predicted octanol–water partition coefficient (Wildman–Crippen LogP) is 3.77. The van der Waals surface area contributed by atoms with Crippen molar-refractivity contribution in [2.45, 2.75) is 25.4 Å². The standard InChI is InChI=1S/C20H24N4O/c1-23(15-19-3-2-14-25-19)17-9-12-24(13-10-17)18-6-4-16(5-7-18)20-8-11-21-22-20/h2-8,11,14,17H,9-10,12-13,15H2,1H3,(H,21,22). The van der Waals surface area contributed by atoms with Gasteiger partial charge in [-0.3, -0.25) is 10.00 Å². The van der Waals surface area contributed by atoms with Crippen molar-refractivity contribution in [2.24, 2.45) is 0 Å². The normalized spacial score (nSPS) is 15.8. The number of aromatic nitrogens is 2. The molecule has 3 heterocycles. The molecule has 4 rings (SSSR count). The van der Waals surface area contributed by atoms with Gasteiger partial charge < -0.3 is 9.32 Å². The molecule has 2 aromatic heterocycles. The van der Waals surface area contributed by atoms with Gasteiger partial charge in [-0.05, 0) is 55.8 Å². The van der Waals surface area contributed by atoms with Gasteiger partial charge in [0.2, 0.25) is 0 Å². The number of nitrogens with zero attached hydrogens (tertiary/aromatic N) is 3. The molecule has 0 saturated carbocycles. The summed E-state index contributed by atoms with van der Waals surface area (Å²) in [5, 5.41) is 7.03. The molecule has 0 radical (unpaired) electrons. The summed E-state index contributed by atoms with van der Waals surface area (Å²) in [5.74, 6) is 1.04. The van der Waals surface area contributed by atoms with E-state index in [1.165, 1.54) is 24.1 Å². The van der Waals surface area contributed by atoms with Crippen LogP contribution in [0.25, 0.3) is 11.3 Å². The zero-order chi connectivity index (χ0) is 17.1. The molecule has 0 atom stereocenters. The monoisotopic (exact) mass is 336 g/mol. The van der Waals surface area contributed by atoms with E-state index in [0.717, 1.165) is 31.1 Å². The quantitative estimate of drug-likeness (QED) is 0.770. The summed E-state index contributed by atoms with van der Waals surface area (Å²) in [6.45, 7) is 3.07. The van der Waals surface area contributed by atoms with Gasteiger partial charge >= 0.3 is 0 Å². The second-order valence-corrected chi connectivity index (χ2v) is 6.73. The highest BCUT2D eigenvalue weighted by Crippen LogP contribution is 2.25. The van der Waals surface area contributed by atoms with Crippen molar-refractivity contribution < 1.29 is 4.42 Å². The molecular formula is C20H24N4O. The number of aromatic amines is 1.